The molecule has 0 aliphatic carbocycles. The predicted octanol–water partition coefficient (Wildman–Crippen LogP) is 3.33. The van der Waals surface area contributed by atoms with Gasteiger partial charge in [-0.05, 0) is 63.3 Å². The average Bonchev–Trinajstić information content (AvgIpc) is 2.97. The molecule has 3 heterocycles. The number of aryl methyl sites for hydroxylation is 1. The Balaban J connectivity index is 1.61. The topological polar surface area (TPSA) is 85.6 Å². The predicted molar refractivity (Wildman–Crippen MR) is 123 cm³/mol. The Morgan fingerprint density at radius 2 is 1.94 bits per heavy atom. The molecule has 1 aromatic heterocycles. The van der Waals surface area contributed by atoms with E-state index in [2.05, 4.69) is 11.9 Å². The Kier molecular flexibility index (Phi) is 5.48. The van der Waals surface area contributed by atoms with Gasteiger partial charge in [-0.3, -0.25) is 13.9 Å². The number of piperidine rings is 1. The summed E-state index contributed by atoms with van der Waals surface area (Å²) >= 11 is 0. The molecule has 1 fully saturated rings. The van der Waals surface area contributed by atoms with Crippen molar-refractivity contribution in [1.29, 1.82) is 0 Å². The zero-order valence-corrected chi connectivity index (χ0v) is 19.1. The first-order valence-electron chi connectivity index (χ1n) is 10.9. The monoisotopic (exact) mass is 438 g/mol. The Morgan fingerprint density at radius 1 is 1.19 bits per heavy atom. The molecule has 32 heavy (non-hydrogen) atoms. The molecule has 2 aliphatic rings. The molecule has 2 amide bonds. The molecule has 1 unspecified atom stereocenters. The van der Waals surface area contributed by atoms with Gasteiger partial charge in [0.05, 0.1) is 11.0 Å². The van der Waals surface area contributed by atoms with E-state index in [1.807, 2.05) is 45.0 Å². The third-order valence-electron chi connectivity index (χ3n) is 5.95. The van der Waals surface area contributed by atoms with Gasteiger partial charge < -0.3 is 15.0 Å². The third kappa shape index (κ3) is 4.09. The lowest BCUT2D eigenvalue weighted by atomic mass is 9.99. The lowest BCUT2D eigenvalue weighted by Crippen LogP contribution is -2.40. The molecule has 1 N–H and O–H groups in total. The summed E-state index contributed by atoms with van der Waals surface area (Å²) in [6.45, 7) is 10.4. The van der Waals surface area contributed by atoms with Crippen LogP contribution in [0.15, 0.2) is 41.3 Å². The van der Waals surface area contributed by atoms with Crippen molar-refractivity contribution >= 4 is 28.6 Å². The molecule has 170 valence electrons. The molecule has 8 nitrogen and oxygen atoms in total. The van der Waals surface area contributed by atoms with Crippen LogP contribution < -0.4 is 11.0 Å². The number of benzene rings is 1. The Bertz CT molecular complexity index is 1200. The summed E-state index contributed by atoms with van der Waals surface area (Å²) in [6.07, 6.45) is 3.63. The first-order valence-corrected chi connectivity index (χ1v) is 10.9. The first kappa shape index (κ1) is 21.9. The van der Waals surface area contributed by atoms with Gasteiger partial charge in [-0.1, -0.05) is 18.7 Å². The molecule has 1 atom stereocenters. The van der Waals surface area contributed by atoms with E-state index in [9.17, 15) is 14.4 Å². The minimum Gasteiger partial charge on any atom is -0.444 e. The van der Waals surface area contributed by atoms with Crippen molar-refractivity contribution in [2.75, 3.05) is 13.1 Å². The average molecular weight is 439 g/mol. The Hall–Kier alpha value is -3.29. The molecular weight excluding hydrogens is 408 g/mol. The second kappa shape index (κ2) is 8.00. The number of nitrogens with one attached hydrogen (secondary N) is 1. The molecule has 0 spiro atoms. The van der Waals surface area contributed by atoms with E-state index >= 15 is 0 Å². The van der Waals surface area contributed by atoms with E-state index in [1.54, 1.807) is 21.1 Å². The zero-order valence-electron chi connectivity index (χ0n) is 19.1. The fourth-order valence-electron chi connectivity index (χ4n) is 4.30. The van der Waals surface area contributed by atoms with Gasteiger partial charge in [0, 0.05) is 25.8 Å². The number of carbonyl (C=O) groups is 2. The number of hydrogen-bond donors (Lipinski definition) is 1. The summed E-state index contributed by atoms with van der Waals surface area (Å²) in [7, 11) is 1.73. The second-order valence-electron chi connectivity index (χ2n) is 9.47. The number of fused-ring (bicyclic) bond motifs is 1. The SMILES string of the molecule is C=C1CCC(n2c(=O)n(C)c3cc(C4=CCN(C(=O)OC(C)(C)C)CC4)ccc32)C(=O)N1. The van der Waals surface area contributed by atoms with Crippen molar-refractivity contribution in [3.8, 4) is 0 Å². The molecule has 0 saturated carbocycles. The van der Waals surface area contributed by atoms with Crippen LogP contribution in [0.2, 0.25) is 0 Å². The number of allylic oxidation sites excluding steroid dienone is 1. The summed E-state index contributed by atoms with van der Waals surface area (Å²) in [6, 6.07) is 5.33. The minimum absolute atomic E-state index is 0.197. The number of hydrogen-bond acceptors (Lipinski definition) is 4. The van der Waals surface area contributed by atoms with Crippen molar-refractivity contribution < 1.29 is 14.3 Å². The van der Waals surface area contributed by atoms with Gasteiger partial charge in [0.1, 0.15) is 11.6 Å². The number of rotatable bonds is 2. The lowest BCUT2D eigenvalue weighted by Gasteiger charge is -2.29. The normalized spacial score (nSPS) is 19.7. The number of nitrogens with zero attached hydrogens (tertiary/aromatic N) is 3. The third-order valence-corrected chi connectivity index (χ3v) is 5.95. The van der Waals surface area contributed by atoms with Crippen LogP contribution in [-0.4, -0.2) is 44.7 Å². The van der Waals surface area contributed by atoms with Gasteiger partial charge in [-0.2, -0.15) is 0 Å². The second-order valence-corrected chi connectivity index (χ2v) is 9.47. The van der Waals surface area contributed by atoms with Crippen LogP contribution in [0.5, 0.6) is 0 Å². The highest BCUT2D eigenvalue weighted by molar-refractivity contribution is 5.87. The van der Waals surface area contributed by atoms with Crippen LogP contribution >= 0.6 is 0 Å². The van der Waals surface area contributed by atoms with Gasteiger partial charge in [0.25, 0.3) is 0 Å². The maximum Gasteiger partial charge on any atom is 0.410 e. The van der Waals surface area contributed by atoms with Crippen LogP contribution in [-0.2, 0) is 16.6 Å². The fourth-order valence-corrected chi connectivity index (χ4v) is 4.30. The molecule has 8 heteroatoms. The highest BCUT2D eigenvalue weighted by Gasteiger charge is 2.30. The van der Waals surface area contributed by atoms with E-state index in [4.69, 9.17) is 4.74 Å². The number of ether oxygens (including phenoxy) is 1. The number of aromatic nitrogens is 2. The Labute approximate surface area is 187 Å². The van der Waals surface area contributed by atoms with Crippen molar-refractivity contribution in [3.63, 3.8) is 0 Å². The first-order chi connectivity index (χ1) is 15.0. The van der Waals surface area contributed by atoms with E-state index < -0.39 is 11.6 Å². The van der Waals surface area contributed by atoms with Crippen LogP contribution in [0.4, 0.5) is 4.79 Å². The standard InChI is InChI=1S/C24H30N4O4/c1-15-6-8-19(21(29)25-15)28-18-9-7-17(14-20(18)26(5)22(28)30)16-10-12-27(13-11-16)23(31)32-24(2,3)4/h7,9-10,14,19H,1,6,8,11-13H2,2-5H3,(H,25,29). The molecule has 0 bridgehead atoms. The summed E-state index contributed by atoms with van der Waals surface area (Å²) in [5, 5.41) is 2.77. The molecule has 1 saturated heterocycles. The lowest BCUT2D eigenvalue weighted by molar-refractivity contribution is -0.124. The van der Waals surface area contributed by atoms with Gasteiger partial charge in [-0.25, -0.2) is 9.59 Å². The van der Waals surface area contributed by atoms with Crippen LogP contribution in [0.25, 0.3) is 16.6 Å². The highest BCUT2D eigenvalue weighted by Crippen LogP contribution is 2.29. The maximum atomic E-state index is 13.0. The summed E-state index contributed by atoms with van der Waals surface area (Å²) in [5.74, 6) is -0.197. The van der Waals surface area contributed by atoms with E-state index in [0.717, 1.165) is 22.2 Å². The van der Waals surface area contributed by atoms with Crippen LogP contribution in [0, 0.1) is 0 Å². The fraction of sp³-hybridized carbons (Fsp3) is 0.458. The molecular formula is C24H30N4O4. The van der Waals surface area contributed by atoms with Crippen molar-refractivity contribution in [2.45, 2.75) is 51.7 Å². The smallest absolute Gasteiger partial charge is 0.410 e. The largest absolute Gasteiger partial charge is 0.444 e. The van der Waals surface area contributed by atoms with Gasteiger partial charge in [0.15, 0.2) is 0 Å². The van der Waals surface area contributed by atoms with Gasteiger partial charge >= 0.3 is 11.8 Å². The molecule has 0 radical (unpaired) electrons. The van der Waals surface area contributed by atoms with Crippen LogP contribution in [0.3, 0.4) is 0 Å². The number of imidazole rings is 1. The maximum absolute atomic E-state index is 13.0. The molecule has 2 aromatic rings. The van der Waals surface area contributed by atoms with E-state index in [1.165, 1.54) is 0 Å². The van der Waals surface area contributed by atoms with Gasteiger partial charge in [-0.15, -0.1) is 0 Å². The molecule has 1 aromatic carbocycles. The zero-order chi connectivity index (χ0) is 23.2. The summed E-state index contributed by atoms with van der Waals surface area (Å²) in [4.78, 5) is 39.5. The van der Waals surface area contributed by atoms with Gasteiger partial charge in [0.2, 0.25) is 5.91 Å². The van der Waals surface area contributed by atoms with Crippen molar-refractivity contribution in [2.24, 2.45) is 7.05 Å². The molecule has 4 rings (SSSR count). The molecule has 2 aliphatic heterocycles. The number of amides is 2. The Morgan fingerprint density at radius 3 is 2.56 bits per heavy atom. The minimum atomic E-state index is -0.543. The highest BCUT2D eigenvalue weighted by atomic mass is 16.6. The van der Waals surface area contributed by atoms with E-state index in [0.29, 0.717) is 38.0 Å². The van der Waals surface area contributed by atoms with Crippen molar-refractivity contribution in [1.82, 2.24) is 19.4 Å². The quantitative estimate of drug-likeness (QED) is 0.779. The summed E-state index contributed by atoms with van der Waals surface area (Å²) in [5.41, 5.74) is 3.60. The van der Waals surface area contributed by atoms with Crippen LogP contribution in [0.1, 0.15) is 51.6 Å². The van der Waals surface area contributed by atoms with E-state index in [-0.39, 0.29) is 17.7 Å². The number of carbonyl (C=O) groups excluding carboxylic acids is 2. The van der Waals surface area contributed by atoms with Crippen molar-refractivity contribution in [3.05, 3.63) is 52.6 Å². The summed E-state index contributed by atoms with van der Waals surface area (Å²) < 4.78 is 8.63.